The van der Waals surface area contributed by atoms with E-state index in [-0.39, 0.29) is 17.8 Å². The summed E-state index contributed by atoms with van der Waals surface area (Å²) in [7, 11) is 0. The molecule has 9 heteroatoms. The smallest absolute Gasteiger partial charge is 0.319 e. The molecule has 0 bridgehead atoms. The number of nitrogens with one attached hydrogen (secondary N) is 3. The lowest BCUT2D eigenvalue weighted by atomic mass is 10.1. The third-order valence-electron chi connectivity index (χ3n) is 4.88. The number of phenolic OH excluding ortho intramolecular Hbond substituents is 1. The quantitative estimate of drug-likeness (QED) is 0.350. The van der Waals surface area contributed by atoms with Crippen LogP contribution < -0.4 is 15.4 Å². The first-order chi connectivity index (χ1) is 15.0. The van der Waals surface area contributed by atoms with Crippen LogP contribution in [0.25, 0.3) is 22.3 Å². The van der Waals surface area contributed by atoms with Crippen LogP contribution in [0, 0.1) is 0 Å². The van der Waals surface area contributed by atoms with Gasteiger partial charge in [0.2, 0.25) is 5.88 Å². The number of H-pyrrole nitrogens is 1. The number of rotatable bonds is 5. The van der Waals surface area contributed by atoms with Crippen LogP contribution in [-0.4, -0.2) is 32.1 Å². The summed E-state index contributed by atoms with van der Waals surface area (Å²) >= 11 is 6.33. The molecular formula is C22H18ClN5O3. The summed E-state index contributed by atoms with van der Waals surface area (Å²) in [6.45, 7) is 0. The Balaban J connectivity index is 1.37. The molecule has 2 aromatic heterocycles. The van der Waals surface area contributed by atoms with Crippen molar-refractivity contribution in [3.63, 3.8) is 0 Å². The fourth-order valence-electron chi connectivity index (χ4n) is 3.14. The number of fused-ring (bicyclic) bond motifs is 1. The number of aromatic nitrogens is 3. The lowest BCUT2D eigenvalue weighted by Gasteiger charge is -2.10. The van der Waals surface area contributed by atoms with Gasteiger partial charge in [0, 0.05) is 17.8 Å². The predicted octanol–water partition coefficient (Wildman–Crippen LogP) is 5.06. The average molecular weight is 436 g/mol. The molecule has 0 saturated heterocycles. The second-order valence-corrected chi connectivity index (χ2v) is 7.69. The van der Waals surface area contributed by atoms with Crippen molar-refractivity contribution in [3.05, 3.63) is 59.9 Å². The highest BCUT2D eigenvalue weighted by Gasteiger charge is 2.23. The molecule has 5 rings (SSSR count). The summed E-state index contributed by atoms with van der Waals surface area (Å²) < 4.78 is 5.95. The second kappa shape index (κ2) is 7.81. The number of carbonyl (C=O) groups is 1. The van der Waals surface area contributed by atoms with E-state index in [9.17, 15) is 9.90 Å². The van der Waals surface area contributed by atoms with Crippen LogP contribution in [0.15, 0.2) is 54.9 Å². The molecule has 2 amide bonds. The van der Waals surface area contributed by atoms with Crippen LogP contribution in [0.3, 0.4) is 0 Å². The molecule has 0 spiro atoms. The largest absolute Gasteiger partial charge is 0.508 e. The molecule has 1 aliphatic rings. The topological polar surface area (TPSA) is 112 Å². The highest BCUT2D eigenvalue weighted by atomic mass is 35.5. The lowest BCUT2D eigenvalue weighted by Crippen LogP contribution is -2.30. The lowest BCUT2D eigenvalue weighted by molar-refractivity contribution is 0.251. The number of nitrogens with zero attached hydrogens (tertiary/aromatic N) is 2. The van der Waals surface area contributed by atoms with Gasteiger partial charge in [-0.3, -0.25) is 0 Å². The number of anilines is 1. The molecular weight excluding hydrogens is 418 g/mol. The van der Waals surface area contributed by atoms with Gasteiger partial charge in [0.1, 0.15) is 23.5 Å². The molecule has 2 aromatic carbocycles. The van der Waals surface area contributed by atoms with Gasteiger partial charge in [-0.2, -0.15) is 0 Å². The minimum absolute atomic E-state index is 0.198. The first kappa shape index (κ1) is 19.2. The number of amides is 2. The number of aromatic hydroxyl groups is 1. The summed E-state index contributed by atoms with van der Waals surface area (Å²) in [5.74, 6) is 1.04. The molecule has 1 aliphatic carbocycles. The zero-order valence-corrected chi connectivity index (χ0v) is 17.0. The van der Waals surface area contributed by atoms with Crippen molar-refractivity contribution in [1.82, 2.24) is 20.3 Å². The van der Waals surface area contributed by atoms with Gasteiger partial charge in [-0.15, -0.1) is 0 Å². The molecule has 31 heavy (non-hydrogen) atoms. The Bertz CT molecular complexity index is 1270. The molecule has 156 valence electrons. The number of hydrogen-bond donors (Lipinski definition) is 4. The van der Waals surface area contributed by atoms with Gasteiger partial charge in [0.25, 0.3) is 0 Å². The standard InChI is InChI=1S/C22H18ClN5O3/c23-17-9-15(7-8-18(17)28-22(30)26-13-3-4-13)31-21-16-10-19(27-20(16)24-11-25-21)12-1-5-14(29)6-2-12/h1-2,5-11,13,29H,3-4H2,(H,24,25,27)(H2,26,28,30). The number of urea groups is 1. The fraction of sp³-hybridized carbons (Fsp3) is 0.136. The SMILES string of the molecule is O=C(Nc1ccc(Oc2ncnc3[nH]c(-c4ccc(O)cc4)cc23)cc1Cl)NC1CC1. The van der Waals surface area contributed by atoms with E-state index < -0.39 is 0 Å². The van der Waals surface area contributed by atoms with E-state index in [1.54, 1.807) is 42.5 Å². The van der Waals surface area contributed by atoms with Gasteiger partial charge in [-0.25, -0.2) is 14.8 Å². The van der Waals surface area contributed by atoms with Crippen molar-refractivity contribution in [1.29, 1.82) is 0 Å². The van der Waals surface area contributed by atoms with E-state index >= 15 is 0 Å². The predicted molar refractivity (Wildman–Crippen MR) is 118 cm³/mol. The molecule has 8 nitrogen and oxygen atoms in total. The molecule has 2 heterocycles. The van der Waals surface area contributed by atoms with Gasteiger partial charge in [-0.05, 0) is 60.9 Å². The molecule has 0 radical (unpaired) electrons. The summed E-state index contributed by atoms with van der Waals surface area (Å²) in [5.41, 5.74) is 2.83. The van der Waals surface area contributed by atoms with Crippen LogP contribution >= 0.6 is 11.6 Å². The van der Waals surface area contributed by atoms with Crippen molar-refractivity contribution in [2.45, 2.75) is 18.9 Å². The van der Waals surface area contributed by atoms with Crippen molar-refractivity contribution < 1.29 is 14.6 Å². The van der Waals surface area contributed by atoms with E-state index in [0.29, 0.717) is 33.4 Å². The monoisotopic (exact) mass is 435 g/mol. The second-order valence-electron chi connectivity index (χ2n) is 7.29. The molecule has 0 unspecified atom stereocenters. The van der Waals surface area contributed by atoms with E-state index in [4.69, 9.17) is 16.3 Å². The molecule has 0 atom stereocenters. The maximum Gasteiger partial charge on any atom is 0.319 e. The zero-order valence-electron chi connectivity index (χ0n) is 16.2. The third kappa shape index (κ3) is 4.24. The van der Waals surface area contributed by atoms with Gasteiger partial charge >= 0.3 is 6.03 Å². The van der Waals surface area contributed by atoms with Crippen LogP contribution in [0.4, 0.5) is 10.5 Å². The normalized spacial score (nSPS) is 13.2. The Morgan fingerprint density at radius 3 is 2.68 bits per heavy atom. The Morgan fingerprint density at radius 2 is 1.94 bits per heavy atom. The van der Waals surface area contributed by atoms with Crippen LogP contribution in [0.2, 0.25) is 5.02 Å². The molecule has 1 fully saturated rings. The Morgan fingerprint density at radius 1 is 1.13 bits per heavy atom. The van der Waals surface area contributed by atoms with Gasteiger partial charge in [-0.1, -0.05) is 11.6 Å². The summed E-state index contributed by atoms with van der Waals surface area (Å²) in [5, 5.41) is 16.1. The van der Waals surface area contributed by atoms with Gasteiger partial charge < -0.3 is 25.5 Å². The highest BCUT2D eigenvalue weighted by Crippen LogP contribution is 2.33. The van der Waals surface area contributed by atoms with Crippen molar-refractivity contribution in [2.24, 2.45) is 0 Å². The number of ether oxygens (including phenoxy) is 1. The zero-order chi connectivity index (χ0) is 21.4. The van der Waals surface area contributed by atoms with Crippen LogP contribution in [-0.2, 0) is 0 Å². The number of benzene rings is 2. The third-order valence-corrected chi connectivity index (χ3v) is 5.20. The van der Waals surface area contributed by atoms with Crippen molar-refractivity contribution in [3.8, 4) is 28.6 Å². The van der Waals surface area contributed by atoms with E-state index in [1.807, 2.05) is 6.07 Å². The van der Waals surface area contributed by atoms with Gasteiger partial charge in [0.05, 0.1) is 16.1 Å². The maximum atomic E-state index is 11.9. The van der Waals surface area contributed by atoms with Crippen molar-refractivity contribution in [2.75, 3.05) is 5.32 Å². The Kier molecular flexibility index (Phi) is 4.83. The Labute approximate surface area is 182 Å². The summed E-state index contributed by atoms with van der Waals surface area (Å²) in [6.07, 6.45) is 3.43. The first-order valence-electron chi connectivity index (χ1n) is 9.73. The minimum Gasteiger partial charge on any atom is -0.508 e. The number of hydrogen-bond acceptors (Lipinski definition) is 5. The number of carbonyl (C=O) groups excluding carboxylic acids is 1. The van der Waals surface area contributed by atoms with Crippen molar-refractivity contribution >= 4 is 34.4 Å². The van der Waals surface area contributed by atoms with E-state index in [2.05, 4.69) is 25.6 Å². The molecule has 4 N–H and O–H groups in total. The van der Waals surface area contributed by atoms with Crippen LogP contribution in [0.5, 0.6) is 17.4 Å². The molecule has 4 aromatic rings. The van der Waals surface area contributed by atoms with E-state index in [0.717, 1.165) is 24.1 Å². The van der Waals surface area contributed by atoms with E-state index in [1.165, 1.54) is 6.33 Å². The number of phenols is 1. The minimum atomic E-state index is -0.273. The average Bonchev–Trinajstić information content (AvgIpc) is 3.45. The maximum absolute atomic E-state index is 11.9. The number of halogens is 1. The molecule has 0 aliphatic heterocycles. The first-order valence-corrected chi connectivity index (χ1v) is 10.1. The summed E-state index contributed by atoms with van der Waals surface area (Å²) in [6, 6.07) is 13.7. The summed E-state index contributed by atoms with van der Waals surface area (Å²) in [4.78, 5) is 23.7. The fourth-order valence-corrected chi connectivity index (χ4v) is 3.36. The van der Waals surface area contributed by atoms with Crippen LogP contribution in [0.1, 0.15) is 12.8 Å². The highest BCUT2D eigenvalue weighted by molar-refractivity contribution is 6.33. The molecule has 1 saturated carbocycles. The Hall–Kier alpha value is -3.78. The number of aromatic amines is 1. The van der Waals surface area contributed by atoms with Gasteiger partial charge in [0.15, 0.2) is 0 Å².